The molecule has 0 saturated carbocycles. The molecule has 0 aromatic heterocycles. The van der Waals surface area contributed by atoms with Gasteiger partial charge >= 0.3 is 5.97 Å². The van der Waals surface area contributed by atoms with Crippen molar-refractivity contribution in [1.29, 1.82) is 0 Å². The van der Waals surface area contributed by atoms with Gasteiger partial charge in [-0.05, 0) is 20.3 Å². The molecule has 0 amide bonds. The molecule has 1 aliphatic rings. The lowest BCUT2D eigenvalue weighted by Gasteiger charge is -2.39. The summed E-state index contributed by atoms with van der Waals surface area (Å²) in [6.07, 6.45) is 1.69. The predicted molar refractivity (Wildman–Crippen MR) is 64.6 cm³/mol. The van der Waals surface area contributed by atoms with Crippen LogP contribution in [-0.2, 0) is 4.79 Å². The Morgan fingerprint density at radius 1 is 1.19 bits per heavy atom. The second kappa shape index (κ2) is 6.21. The Hall–Kier alpha value is -0.610. The van der Waals surface area contributed by atoms with E-state index in [1.807, 2.05) is 6.92 Å². The van der Waals surface area contributed by atoms with Crippen LogP contribution in [0.5, 0.6) is 0 Å². The van der Waals surface area contributed by atoms with Gasteiger partial charge in [0.25, 0.3) is 0 Å². The molecule has 0 aromatic carbocycles. The summed E-state index contributed by atoms with van der Waals surface area (Å²) in [5.41, 5.74) is 0. The van der Waals surface area contributed by atoms with Gasteiger partial charge in [0.05, 0.1) is 0 Å². The number of nitrogens with zero attached hydrogens (tertiary/aromatic N) is 2. The highest BCUT2D eigenvalue weighted by atomic mass is 16.4. The average Bonchev–Trinajstić information content (AvgIpc) is 2.25. The van der Waals surface area contributed by atoms with Crippen LogP contribution in [0.4, 0.5) is 0 Å². The molecule has 1 rings (SSSR count). The summed E-state index contributed by atoms with van der Waals surface area (Å²) in [6.45, 7) is 10.2. The van der Waals surface area contributed by atoms with E-state index in [2.05, 4.69) is 23.6 Å². The first kappa shape index (κ1) is 13.5. The number of aliphatic carboxylic acids is 1. The van der Waals surface area contributed by atoms with Crippen molar-refractivity contribution >= 4 is 5.97 Å². The van der Waals surface area contributed by atoms with Crippen LogP contribution in [0.15, 0.2) is 0 Å². The lowest BCUT2D eigenvalue weighted by molar-refractivity contribution is -0.144. The first-order valence-electron chi connectivity index (χ1n) is 6.27. The highest BCUT2D eigenvalue weighted by molar-refractivity contribution is 5.73. The van der Waals surface area contributed by atoms with Crippen molar-refractivity contribution in [3.63, 3.8) is 0 Å². The maximum Gasteiger partial charge on any atom is 0.320 e. The molecule has 1 atom stereocenters. The SMILES string of the molecule is CCCC(C(=O)O)N1CCN(C(C)C)CC1. The number of rotatable bonds is 5. The Bertz CT molecular complexity index is 223. The maximum atomic E-state index is 11.1. The molecule has 1 unspecified atom stereocenters. The van der Waals surface area contributed by atoms with E-state index < -0.39 is 5.97 Å². The van der Waals surface area contributed by atoms with Crippen LogP contribution in [0.1, 0.15) is 33.6 Å². The van der Waals surface area contributed by atoms with Gasteiger partial charge in [0.2, 0.25) is 0 Å². The Morgan fingerprint density at radius 2 is 1.69 bits per heavy atom. The molecule has 94 valence electrons. The third-order valence-electron chi connectivity index (χ3n) is 3.37. The molecule has 1 fully saturated rings. The van der Waals surface area contributed by atoms with E-state index in [9.17, 15) is 9.90 Å². The van der Waals surface area contributed by atoms with Gasteiger partial charge in [0.15, 0.2) is 0 Å². The van der Waals surface area contributed by atoms with Crippen LogP contribution in [0.25, 0.3) is 0 Å². The van der Waals surface area contributed by atoms with Crippen molar-refractivity contribution in [3.05, 3.63) is 0 Å². The van der Waals surface area contributed by atoms with Gasteiger partial charge in [-0.2, -0.15) is 0 Å². The molecule has 0 aliphatic carbocycles. The van der Waals surface area contributed by atoms with E-state index in [0.29, 0.717) is 6.04 Å². The van der Waals surface area contributed by atoms with Gasteiger partial charge in [-0.15, -0.1) is 0 Å². The minimum absolute atomic E-state index is 0.278. The van der Waals surface area contributed by atoms with E-state index in [1.54, 1.807) is 0 Å². The summed E-state index contributed by atoms with van der Waals surface area (Å²) < 4.78 is 0. The molecule has 0 aromatic rings. The molecule has 16 heavy (non-hydrogen) atoms. The van der Waals surface area contributed by atoms with Crippen LogP contribution in [0, 0.1) is 0 Å². The lowest BCUT2D eigenvalue weighted by Crippen LogP contribution is -2.54. The first-order chi connectivity index (χ1) is 7.56. The summed E-state index contributed by atoms with van der Waals surface area (Å²) in [7, 11) is 0. The number of carboxylic acid groups (broad SMARTS) is 1. The zero-order chi connectivity index (χ0) is 12.1. The lowest BCUT2D eigenvalue weighted by atomic mass is 10.1. The molecule has 1 saturated heterocycles. The van der Waals surface area contributed by atoms with Crippen LogP contribution in [0.2, 0.25) is 0 Å². The van der Waals surface area contributed by atoms with Crippen LogP contribution in [0.3, 0.4) is 0 Å². The largest absolute Gasteiger partial charge is 0.480 e. The van der Waals surface area contributed by atoms with Gasteiger partial charge in [-0.1, -0.05) is 13.3 Å². The van der Waals surface area contributed by atoms with Gasteiger partial charge < -0.3 is 5.11 Å². The van der Waals surface area contributed by atoms with Crippen LogP contribution < -0.4 is 0 Å². The molecule has 1 aliphatic heterocycles. The molecule has 0 radical (unpaired) electrons. The summed E-state index contributed by atoms with van der Waals surface area (Å²) in [4.78, 5) is 15.7. The van der Waals surface area contributed by atoms with Gasteiger partial charge in [0.1, 0.15) is 6.04 Å². The smallest absolute Gasteiger partial charge is 0.320 e. The van der Waals surface area contributed by atoms with E-state index in [-0.39, 0.29) is 6.04 Å². The minimum Gasteiger partial charge on any atom is -0.480 e. The minimum atomic E-state index is -0.667. The van der Waals surface area contributed by atoms with E-state index in [0.717, 1.165) is 39.0 Å². The molecule has 0 spiro atoms. The Morgan fingerprint density at radius 3 is 2.06 bits per heavy atom. The van der Waals surface area contributed by atoms with Crippen molar-refractivity contribution in [2.45, 2.75) is 45.7 Å². The molecule has 0 bridgehead atoms. The third kappa shape index (κ3) is 3.46. The second-order valence-corrected chi connectivity index (χ2v) is 4.81. The van der Waals surface area contributed by atoms with E-state index in [1.165, 1.54) is 0 Å². The quantitative estimate of drug-likeness (QED) is 0.769. The normalized spacial score (nSPS) is 21.2. The summed E-state index contributed by atoms with van der Waals surface area (Å²) in [5, 5.41) is 9.18. The Kier molecular flexibility index (Phi) is 5.22. The van der Waals surface area contributed by atoms with Crippen molar-refractivity contribution in [2.75, 3.05) is 26.2 Å². The zero-order valence-electron chi connectivity index (χ0n) is 10.6. The topological polar surface area (TPSA) is 43.8 Å². The average molecular weight is 228 g/mol. The van der Waals surface area contributed by atoms with Crippen molar-refractivity contribution in [3.8, 4) is 0 Å². The first-order valence-corrected chi connectivity index (χ1v) is 6.27. The number of carboxylic acids is 1. The van der Waals surface area contributed by atoms with Crippen molar-refractivity contribution < 1.29 is 9.90 Å². The molecular weight excluding hydrogens is 204 g/mol. The third-order valence-corrected chi connectivity index (χ3v) is 3.37. The zero-order valence-corrected chi connectivity index (χ0v) is 10.6. The highest BCUT2D eigenvalue weighted by Gasteiger charge is 2.28. The van der Waals surface area contributed by atoms with Crippen LogP contribution in [-0.4, -0.2) is 59.1 Å². The van der Waals surface area contributed by atoms with Crippen molar-refractivity contribution in [1.82, 2.24) is 9.80 Å². The Balaban J connectivity index is 2.47. The maximum absolute atomic E-state index is 11.1. The molecular formula is C12H24N2O2. The number of hydrogen-bond acceptors (Lipinski definition) is 3. The Labute approximate surface area is 98.2 Å². The second-order valence-electron chi connectivity index (χ2n) is 4.81. The summed E-state index contributed by atoms with van der Waals surface area (Å²) in [6, 6.07) is 0.288. The molecule has 1 heterocycles. The van der Waals surface area contributed by atoms with Crippen LogP contribution >= 0.6 is 0 Å². The van der Waals surface area contributed by atoms with E-state index >= 15 is 0 Å². The fourth-order valence-corrected chi connectivity index (χ4v) is 2.30. The summed E-state index contributed by atoms with van der Waals surface area (Å²) >= 11 is 0. The number of piperazine rings is 1. The number of hydrogen-bond donors (Lipinski definition) is 1. The van der Waals surface area contributed by atoms with E-state index in [4.69, 9.17) is 0 Å². The molecule has 4 heteroatoms. The monoisotopic (exact) mass is 228 g/mol. The van der Waals surface area contributed by atoms with Gasteiger partial charge in [0, 0.05) is 32.2 Å². The van der Waals surface area contributed by atoms with Gasteiger partial charge in [-0.25, -0.2) is 0 Å². The number of carbonyl (C=O) groups is 1. The van der Waals surface area contributed by atoms with Crippen molar-refractivity contribution in [2.24, 2.45) is 0 Å². The van der Waals surface area contributed by atoms with Gasteiger partial charge in [-0.3, -0.25) is 14.6 Å². The predicted octanol–water partition coefficient (Wildman–Crippen LogP) is 1.27. The summed E-state index contributed by atoms with van der Waals surface area (Å²) in [5.74, 6) is -0.667. The highest BCUT2D eigenvalue weighted by Crippen LogP contribution is 2.12. The standard InChI is InChI=1S/C12H24N2O2/c1-4-5-11(12(15)16)14-8-6-13(7-9-14)10(2)3/h10-11H,4-9H2,1-3H3,(H,15,16). The molecule has 1 N–H and O–H groups in total. The molecule has 4 nitrogen and oxygen atoms in total. The fraction of sp³-hybridized carbons (Fsp3) is 0.917. The fourth-order valence-electron chi connectivity index (χ4n) is 2.30.